The highest BCUT2D eigenvalue weighted by Crippen LogP contribution is 2.64. The van der Waals surface area contributed by atoms with Crippen molar-refractivity contribution < 1.29 is 4.92 Å². The SMILES string of the molecule is O=[N+]([O-])c1ccccc1-c1cccc2c1-c1ccccc1C21c2ccccc2N(c2ccccc2)c2ccccc21. The van der Waals surface area contributed by atoms with Gasteiger partial charge < -0.3 is 4.90 Å². The van der Waals surface area contributed by atoms with Gasteiger partial charge in [0.2, 0.25) is 0 Å². The number of anilines is 3. The van der Waals surface area contributed by atoms with Crippen LogP contribution in [0.15, 0.2) is 146 Å². The second kappa shape index (κ2) is 8.77. The van der Waals surface area contributed by atoms with Gasteiger partial charge in [0.1, 0.15) is 0 Å². The van der Waals surface area contributed by atoms with Gasteiger partial charge in [-0.2, -0.15) is 0 Å². The maximum Gasteiger partial charge on any atom is 0.277 e. The molecule has 0 radical (unpaired) electrons. The Bertz CT molecular complexity index is 1950. The van der Waals surface area contributed by atoms with E-state index in [9.17, 15) is 10.1 Å². The summed E-state index contributed by atoms with van der Waals surface area (Å²) in [7, 11) is 0. The largest absolute Gasteiger partial charge is 0.310 e. The molecular weight excluding hydrogens is 504 g/mol. The lowest BCUT2D eigenvalue weighted by molar-refractivity contribution is -0.384. The molecule has 1 heterocycles. The molecule has 0 fully saturated rings. The van der Waals surface area contributed by atoms with E-state index in [2.05, 4.69) is 108 Å². The third kappa shape index (κ3) is 3.10. The quantitative estimate of drug-likeness (QED) is 0.169. The first-order chi connectivity index (χ1) is 20.2. The molecule has 0 atom stereocenters. The zero-order valence-corrected chi connectivity index (χ0v) is 22.1. The molecule has 1 aliphatic carbocycles. The van der Waals surface area contributed by atoms with E-state index < -0.39 is 5.41 Å². The molecule has 6 aromatic carbocycles. The number of benzene rings is 6. The first-order valence-electron chi connectivity index (χ1n) is 13.7. The molecule has 0 aromatic heterocycles. The van der Waals surface area contributed by atoms with E-state index in [4.69, 9.17) is 0 Å². The number of para-hydroxylation sites is 4. The third-order valence-corrected chi connectivity index (χ3v) is 8.57. The monoisotopic (exact) mass is 528 g/mol. The van der Waals surface area contributed by atoms with E-state index in [1.807, 2.05) is 30.3 Å². The van der Waals surface area contributed by atoms with Gasteiger partial charge in [-0.1, -0.05) is 109 Å². The summed E-state index contributed by atoms with van der Waals surface area (Å²) in [6, 6.07) is 49.7. The molecule has 0 amide bonds. The van der Waals surface area contributed by atoms with Crippen molar-refractivity contribution in [3.8, 4) is 22.3 Å². The molecule has 2 aliphatic rings. The van der Waals surface area contributed by atoms with Crippen molar-refractivity contribution in [2.24, 2.45) is 0 Å². The van der Waals surface area contributed by atoms with Crippen molar-refractivity contribution >= 4 is 22.7 Å². The Hall–Kier alpha value is -5.48. The van der Waals surface area contributed by atoms with Crippen molar-refractivity contribution in [1.82, 2.24) is 0 Å². The molecular formula is C37H24N2O2. The summed E-state index contributed by atoms with van der Waals surface area (Å²) in [5.74, 6) is 0. The Morgan fingerprint density at radius 2 is 1.00 bits per heavy atom. The predicted octanol–water partition coefficient (Wildman–Crippen LogP) is 9.41. The fraction of sp³-hybridized carbons (Fsp3) is 0.0270. The van der Waals surface area contributed by atoms with Crippen LogP contribution in [0.1, 0.15) is 22.3 Å². The number of nitrogens with zero attached hydrogens (tertiary/aromatic N) is 2. The highest BCUT2D eigenvalue weighted by molar-refractivity contribution is 6.00. The second-order valence-corrected chi connectivity index (χ2v) is 10.5. The molecule has 1 aliphatic heterocycles. The molecule has 8 rings (SSSR count). The highest BCUT2D eigenvalue weighted by atomic mass is 16.6. The molecule has 41 heavy (non-hydrogen) atoms. The summed E-state index contributed by atoms with van der Waals surface area (Å²) < 4.78 is 0. The van der Waals surface area contributed by atoms with E-state index in [0.29, 0.717) is 5.56 Å². The van der Waals surface area contributed by atoms with E-state index in [1.165, 1.54) is 16.7 Å². The third-order valence-electron chi connectivity index (χ3n) is 8.57. The molecule has 1 spiro atoms. The van der Waals surface area contributed by atoms with Gasteiger partial charge in [0, 0.05) is 11.8 Å². The van der Waals surface area contributed by atoms with Crippen molar-refractivity contribution in [1.29, 1.82) is 0 Å². The number of nitro groups is 1. The molecule has 0 saturated heterocycles. The number of rotatable bonds is 3. The van der Waals surface area contributed by atoms with Gasteiger partial charge in [-0.25, -0.2) is 0 Å². The van der Waals surface area contributed by atoms with E-state index in [-0.39, 0.29) is 10.6 Å². The van der Waals surface area contributed by atoms with Crippen LogP contribution in [-0.4, -0.2) is 4.92 Å². The average molecular weight is 529 g/mol. The molecule has 194 valence electrons. The van der Waals surface area contributed by atoms with Crippen LogP contribution in [0.2, 0.25) is 0 Å². The molecule has 0 saturated carbocycles. The maximum atomic E-state index is 12.1. The van der Waals surface area contributed by atoms with Gasteiger partial charge in [0.15, 0.2) is 0 Å². The van der Waals surface area contributed by atoms with Gasteiger partial charge in [-0.05, 0) is 69.3 Å². The summed E-state index contributed by atoms with van der Waals surface area (Å²) in [6.45, 7) is 0. The summed E-state index contributed by atoms with van der Waals surface area (Å²) in [5, 5.41) is 12.1. The number of nitro benzene ring substituents is 1. The van der Waals surface area contributed by atoms with Crippen LogP contribution in [0.5, 0.6) is 0 Å². The fourth-order valence-corrected chi connectivity index (χ4v) is 7.10. The van der Waals surface area contributed by atoms with Gasteiger partial charge in [-0.3, -0.25) is 10.1 Å². The predicted molar refractivity (Wildman–Crippen MR) is 164 cm³/mol. The van der Waals surface area contributed by atoms with Crippen LogP contribution in [0.3, 0.4) is 0 Å². The highest BCUT2D eigenvalue weighted by Gasteiger charge is 2.52. The Labute approximate surface area is 237 Å². The lowest BCUT2D eigenvalue weighted by Gasteiger charge is -2.45. The van der Waals surface area contributed by atoms with Crippen molar-refractivity contribution in [2.45, 2.75) is 5.41 Å². The van der Waals surface area contributed by atoms with Gasteiger partial charge in [0.25, 0.3) is 5.69 Å². The molecule has 6 aromatic rings. The van der Waals surface area contributed by atoms with E-state index in [1.54, 1.807) is 12.1 Å². The van der Waals surface area contributed by atoms with Crippen LogP contribution in [0.4, 0.5) is 22.7 Å². The summed E-state index contributed by atoms with van der Waals surface area (Å²) in [4.78, 5) is 14.2. The fourth-order valence-electron chi connectivity index (χ4n) is 7.10. The van der Waals surface area contributed by atoms with Crippen LogP contribution < -0.4 is 4.90 Å². The molecule has 0 unspecified atom stereocenters. The van der Waals surface area contributed by atoms with Crippen LogP contribution >= 0.6 is 0 Å². The topological polar surface area (TPSA) is 46.4 Å². The van der Waals surface area contributed by atoms with Crippen LogP contribution in [0, 0.1) is 10.1 Å². The number of hydrogen-bond donors (Lipinski definition) is 0. The lowest BCUT2D eigenvalue weighted by atomic mass is 9.64. The van der Waals surface area contributed by atoms with Crippen molar-refractivity contribution in [2.75, 3.05) is 4.90 Å². The minimum absolute atomic E-state index is 0.110. The van der Waals surface area contributed by atoms with Gasteiger partial charge >= 0.3 is 0 Å². The zero-order valence-electron chi connectivity index (χ0n) is 22.1. The normalized spacial score (nSPS) is 13.7. The molecule has 4 heteroatoms. The minimum atomic E-state index is -0.593. The Balaban J connectivity index is 1.52. The Kier molecular flexibility index (Phi) is 5.01. The average Bonchev–Trinajstić information content (AvgIpc) is 3.33. The van der Waals surface area contributed by atoms with Gasteiger partial charge in [0.05, 0.1) is 27.3 Å². The minimum Gasteiger partial charge on any atom is -0.310 e. The van der Waals surface area contributed by atoms with Gasteiger partial charge in [-0.15, -0.1) is 0 Å². The first kappa shape index (κ1) is 23.4. The Morgan fingerprint density at radius 3 is 1.68 bits per heavy atom. The summed E-state index contributed by atoms with van der Waals surface area (Å²) >= 11 is 0. The van der Waals surface area contributed by atoms with Crippen molar-refractivity contribution in [3.63, 3.8) is 0 Å². The summed E-state index contributed by atoms with van der Waals surface area (Å²) in [5.41, 5.74) is 11.2. The summed E-state index contributed by atoms with van der Waals surface area (Å²) in [6.07, 6.45) is 0. The van der Waals surface area contributed by atoms with Crippen molar-refractivity contribution in [3.05, 3.63) is 178 Å². The molecule has 4 nitrogen and oxygen atoms in total. The first-order valence-corrected chi connectivity index (χ1v) is 13.7. The molecule has 0 N–H and O–H groups in total. The zero-order chi connectivity index (χ0) is 27.6. The van der Waals surface area contributed by atoms with Crippen LogP contribution in [0.25, 0.3) is 22.3 Å². The standard InChI is InChI=1S/C37H24N2O2/c40-39(41)33-22-9-5-15-26(33)27-17-12-21-32-36(27)28-16-4-6-18-29(28)37(32)30-19-7-10-23-34(30)38(25-13-2-1-3-14-25)35-24-11-8-20-31(35)37/h1-24H. The lowest BCUT2D eigenvalue weighted by Crippen LogP contribution is -2.36. The van der Waals surface area contributed by atoms with E-state index >= 15 is 0 Å². The van der Waals surface area contributed by atoms with Crippen LogP contribution in [-0.2, 0) is 5.41 Å². The number of fused-ring (bicyclic) bond motifs is 9. The van der Waals surface area contributed by atoms with E-state index in [0.717, 1.165) is 39.3 Å². The smallest absolute Gasteiger partial charge is 0.277 e. The second-order valence-electron chi connectivity index (χ2n) is 10.5. The number of hydrogen-bond acceptors (Lipinski definition) is 3. The molecule has 0 bridgehead atoms. The maximum absolute atomic E-state index is 12.1. The Morgan fingerprint density at radius 1 is 0.488 bits per heavy atom.